The van der Waals surface area contributed by atoms with E-state index in [1.54, 1.807) is 18.4 Å². The fraction of sp³-hybridized carbons (Fsp3) is 0.444. The van der Waals surface area contributed by atoms with Crippen molar-refractivity contribution in [3.63, 3.8) is 0 Å². The lowest BCUT2D eigenvalue weighted by Gasteiger charge is -2.41. The number of benzene rings is 1. The molecule has 1 aromatic heterocycles. The van der Waals surface area contributed by atoms with Gasteiger partial charge in [0.1, 0.15) is 5.75 Å². The van der Waals surface area contributed by atoms with E-state index in [1.165, 1.54) is 0 Å². The molecule has 0 unspecified atom stereocenters. The van der Waals surface area contributed by atoms with Crippen molar-refractivity contribution in [2.75, 3.05) is 20.2 Å². The van der Waals surface area contributed by atoms with Crippen LogP contribution in [0.2, 0.25) is 0 Å². The summed E-state index contributed by atoms with van der Waals surface area (Å²) in [4.78, 5) is 18.3. The normalized spacial score (nSPS) is 15.6. The maximum atomic E-state index is 12.8. The predicted molar refractivity (Wildman–Crippen MR) is 95.4 cm³/mol. The van der Waals surface area contributed by atoms with Gasteiger partial charge in [0.2, 0.25) is 5.91 Å². The van der Waals surface area contributed by atoms with E-state index < -0.39 is 0 Å². The molecule has 3 rings (SSSR count). The number of amides is 1. The second-order valence-electron chi connectivity index (χ2n) is 6.34. The number of hydrogen-bond donors (Lipinski definition) is 2. The highest BCUT2D eigenvalue weighted by atomic mass is 32.1. The second kappa shape index (κ2) is 6.91. The molecule has 0 aliphatic carbocycles. The first-order chi connectivity index (χ1) is 11.5. The molecule has 1 aromatic carbocycles. The van der Waals surface area contributed by atoms with Crippen molar-refractivity contribution in [3.8, 4) is 5.75 Å². The number of rotatable bonds is 6. The van der Waals surface area contributed by atoms with Crippen LogP contribution in [0.4, 0.5) is 0 Å². The van der Waals surface area contributed by atoms with Crippen molar-refractivity contribution < 1.29 is 9.53 Å². The lowest BCUT2D eigenvalue weighted by atomic mass is 9.75. The summed E-state index contributed by atoms with van der Waals surface area (Å²) in [5.41, 5.74) is 1.75. The van der Waals surface area contributed by atoms with Crippen LogP contribution in [-0.4, -0.2) is 31.1 Å². The Morgan fingerprint density at radius 3 is 2.79 bits per heavy atom. The summed E-state index contributed by atoms with van der Waals surface area (Å²) in [6.45, 7) is 5.94. The number of ether oxygens (including phenoxy) is 1. The van der Waals surface area contributed by atoms with E-state index in [-0.39, 0.29) is 11.3 Å². The summed E-state index contributed by atoms with van der Waals surface area (Å²) in [6, 6.07) is 7.94. The molecule has 1 amide bonds. The Hall–Kier alpha value is -1.92. The number of thiazole rings is 1. The molecule has 1 saturated heterocycles. The average Bonchev–Trinajstić information content (AvgIpc) is 2.86. The van der Waals surface area contributed by atoms with E-state index in [9.17, 15) is 4.79 Å². The van der Waals surface area contributed by atoms with Crippen LogP contribution in [0, 0.1) is 19.3 Å². The van der Waals surface area contributed by atoms with Gasteiger partial charge in [0.25, 0.3) is 0 Å². The van der Waals surface area contributed by atoms with E-state index in [4.69, 9.17) is 4.74 Å². The van der Waals surface area contributed by atoms with E-state index in [0.29, 0.717) is 26.1 Å². The molecule has 2 aromatic rings. The molecule has 0 atom stereocenters. The largest absolute Gasteiger partial charge is 0.497 e. The van der Waals surface area contributed by atoms with E-state index in [2.05, 4.69) is 15.6 Å². The van der Waals surface area contributed by atoms with Gasteiger partial charge in [0.05, 0.1) is 29.8 Å². The summed E-state index contributed by atoms with van der Waals surface area (Å²) in [5, 5.41) is 7.38. The van der Waals surface area contributed by atoms with Crippen LogP contribution >= 0.6 is 11.3 Å². The molecule has 0 spiro atoms. The summed E-state index contributed by atoms with van der Waals surface area (Å²) < 4.78 is 5.28. The zero-order valence-corrected chi connectivity index (χ0v) is 15.1. The van der Waals surface area contributed by atoms with Crippen LogP contribution in [0.15, 0.2) is 24.3 Å². The van der Waals surface area contributed by atoms with Gasteiger partial charge in [-0.15, -0.1) is 11.3 Å². The number of carbonyl (C=O) groups is 1. The molecule has 1 aliphatic rings. The van der Waals surface area contributed by atoms with Crippen LogP contribution in [0.5, 0.6) is 5.75 Å². The van der Waals surface area contributed by atoms with Gasteiger partial charge < -0.3 is 15.4 Å². The molecule has 1 aliphatic heterocycles. The Morgan fingerprint density at radius 2 is 2.21 bits per heavy atom. The van der Waals surface area contributed by atoms with E-state index in [1.807, 2.05) is 38.1 Å². The minimum Gasteiger partial charge on any atom is -0.497 e. The van der Waals surface area contributed by atoms with Crippen molar-refractivity contribution in [1.29, 1.82) is 0 Å². The fourth-order valence-corrected chi connectivity index (χ4v) is 3.93. The zero-order chi connectivity index (χ0) is 17.2. The topological polar surface area (TPSA) is 63.2 Å². The molecule has 6 heteroatoms. The van der Waals surface area contributed by atoms with Crippen molar-refractivity contribution in [2.45, 2.75) is 26.8 Å². The third-order valence-corrected chi connectivity index (χ3v) is 5.57. The highest BCUT2D eigenvalue weighted by molar-refractivity contribution is 7.11. The molecular formula is C18H23N3O2S. The number of carbonyl (C=O) groups excluding carboxylic acids is 1. The van der Waals surface area contributed by atoms with Crippen LogP contribution < -0.4 is 15.4 Å². The molecule has 2 heterocycles. The summed E-state index contributed by atoms with van der Waals surface area (Å²) in [5.74, 6) is 0.931. The number of hydrogen-bond acceptors (Lipinski definition) is 5. The lowest BCUT2D eigenvalue weighted by Crippen LogP contribution is -2.62. The van der Waals surface area contributed by atoms with Crippen molar-refractivity contribution in [3.05, 3.63) is 45.4 Å². The molecule has 1 fully saturated rings. The molecular weight excluding hydrogens is 322 g/mol. The van der Waals surface area contributed by atoms with Crippen molar-refractivity contribution >= 4 is 17.2 Å². The molecule has 0 saturated carbocycles. The van der Waals surface area contributed by atoms with Gasteiger partial charge in [-0.1, -0.05) is 12.1 Å². The predicted octanol–water partition coefficient (Wildman–Crippen LogP) is 2.22. The summed E-state index contributed by atoms with van der Waals surface area (Å²) >= 11 is 1.64. The third-order valence-electron chi connectivity index (χ3n) is 4.49. The molecule has 128 valence electrons. The number of aromatic nitrogens is 1. The van der Waals surface area contributed by atoms with Crippen LogP contribution in [0.1, 0.15) is 21.1 Å². The van der Waals surface area contributed by atoms with Gasteiger partial charge in [-0.25, -0.2) is 4.98 Å². The molecule has 2 N–H and O–H groups in total. The number of nitrogens with zero attached hydrogens (tertiary/aromatic N) is 1. The molecule has 0 radical (unpaired) electrons. The lowest BCUT2D eigenvalue weighted by molar-refractivity contribution is -0.134. The van der Waals surface area contributed by atoms with Gasteiger partial charge in [-0.2, -0.15) is 0 Å². The van der Waals surface area contributed by atoms with E-state index in [0.717, 1.165) is 26.9 Å². The minimum atomic E-state index is -0.375. The standard InChI is InChI=1S/C18H23N3O2S/c1-12-16(24-13(2)21-12)9-20-17(22)18(10-19-11-18)8-14-5-4-6-15(7-14)23-3/h4-7,19H,8-11H2,1-3H3,(H,20,22). The molecule has 0 bridgehead atoms. The summed E-state index contributed by atoms with van der Waals surface area (Å²) in [6.07, 6.45) is 0.712. The Labute approximate surface area is 146 Å². The Bertz CT molecular complexity index is 738. The van der Waals surface area contributed by atoms with Gasteiger partial charge in [-0.05, 0) is 38.0 Å². The van der Waals surface area contributed by atoms with Crippen LogP contribution in [0.3, 0.4) is 0 Å². The van der Waals surface area contributed by atoms with Gasteiger partial charge in [0, 0.05) is 18.0 Å². The fourth-order valence-electron chi connectivity index (χ4n) is 3.05. The first-order valence-corrected chi connectivity index (χ1v) is 8.89. The maximum absolute atomic E-state index is 12.8. The maximum Gasteiger partial charge on any atom is 0.229 e. The van der Waals surface area contributed by atoms with E-state index >= 15 is 0 Å². The summed E-state index contributed by atoms with van der Waals surface area (Å²) in [7, 11) is 1.66. The number of methoxy groups -OCH3 is 1. The average molecular weight is 345 g/mol. The Morgan fingerprint density at radius 1 is 1.42 bits per heavy atom. The smallest absolute Gasteiger partial charge is 0.229 e. The molecule has 24 heavy (non-hydrogen) atoms. The number of aryl methyl sites for hydroxylation is 2. The molecule has 5 nitrogen and oxygen atoms in total. The van der Waals surface area contributed by atoms with Crippen molar-refractivity contribution in [2.24, 2.45) is 5.41 Å². The monoisotopic (exact) mass is 345 g/mol. The quantitative estimate of drug-likeness (QED) is 0.843. The van der Waals surface area contributed by atoms with Crippen molar-refractivity contribution in [1.82, 2.24) is 15.6 Å². The number of nitrogens with one attached hydrogen (secondary N) is 2. The third kappa shape index (κ3) is 3.44. The first kappa shape index (κ1) is 16.9. The SMILES string of the molecule is COc1cccc(CC2(C(=O)NCc3sc(C)nc3C)CNC2)c1. The first-order valence-electron chi connectivity index (χ1n) is 8.07. The Kier molecular flexibility index (Phi) is 4.87. The van der Waals surface area contributed by atoms with Crippen LogP contribution in [-0.2, 0) is 17.8 Å². The van der Waals surface area contributed by atoms with Gasteiger partial charge in [-0.3, -0.25) is 4.79 Å². The van der Waals surface area contributed by atoms with Gasteiger partial charge in [0.15, 0.2) is 0 Å². The minimum absolute atomic E-state index is 0.106. The Balaban J connectivity index is 1.67. The second-order valence-corrected chi connectivity index (χ2v) is 7.62. The highest BCUT2D eigenvalue weighted by Gasteiger charge is 2.44. The highest BCUT2D eigenvalue weighted by Crippen LogP contribution is 2.30. The van der Waals surface area contributed by atoms with Gasteiger partial charge >= 0.3 is 0 Å². The zero-order valence-electron chi connectivity index (χ0n) is 14.3. The van der Waals surface area contributed by atoms with Crippen LogP contribution in [0.25, 0.3) is 0 Å².